The van der Waals surface area contributed by atoms with Gasteiger partial charge in [-0.15, -0.1) is 11.6 Å². The van der Waals surface area contributed by atoms with Gasteiger partial charge in [-0.05, 0) is 0 Å². The van der Waals surface area contributed by atoms with Gasteiger partial charge in [0.15, 0.2) is 0 Å². The van der Waals surface area contributed by atoms with Gasteiger partial charge in [-0.3, -0.25) is 0 Å². The quantitative estimate of drug-likeness (QED) is 0.363. The van der Waals surface area contributed by atoms with Crippen LogP contribution in [0, 0.1) is 0 Å². The van der Waals surface area contributed by atoms with Crippen LogP contribution in [0.5, 0.6) is 0 Å². The van der Waals surface area contributed by atoms with E-state index in [4.69, 9.17) is 0 Å². The molecule has 0 fully saturated rings. The minimum Gasteiger partial charge on any atom is -0.130 e. The Labute approximate surface area is 33.3 Å². The Morgan fingerprint density at radius 1 is 1.00 bits per heavy atom. The first-order valence-electron chi connectivity index (χ1n) is 0.878. The maximum Gasteiger partial charge on any atom is 0.0108 e. The topological polar surface area (TPSA) is 39.4 Å². The van der Waals surface area contributed by atoms with E-state index in [1.165, 1.54) is 6.38 Å². The molecule has 0 spiro atoms. The second-order valence-electron chi connectivity index (χ2n) is 0.204. The highest BCUT2D eigenvalue weighted by Gasteiger charge is 1.63. The number of rotatable bonds is 0. The molecule has 0 amide bonds. The predicted molar refractivity (Wildman–Crippen MR) is 15.0 cm³/mol. The summed E-state index contributed by atoms with van der Waals surface area (Å²) in [5, 5.41) is 0. The number of halogens is 1. The highest BCUT2D eigenvalue weighted by atomic mass is 35.5. The lowest BCUT2D eigenvalue weighted by molar-refractivity contribution is 0.264. The van der Waals surface area contributed by atoms with Gasteiger partial charge in [0.1, 0.15) is 0 Å². The molecule has 0 aromatic carbocycles. The maximum atomic E-state index is 4.64. The van der Waals surface area contributed by atoms with E-state index in [0.717, 1.165) is 0 Å². The van der Waals surface area contributed by atoms with Crippen molar-refractivity contribution >= 4 is 11.6 Å². The molecular formula is CH3ClO3. The molecule has 0 saturated heterocycles. The zero-order chi connectivity index (χ0) is 4.12. The van der Waals surface area contributed by atoms with Crippen LogP contribution < -0.4 is 0 Å². The summed E-state index contributed by atoms with van der Waals surface area (Å²) in [6.45, 7) is 0. The van der Waals surface area contributed by atoms with Crippen LogP contribution in [-0.4, -0.2) is 6.38 Å². The lowest BCUT2D eigenvalue weighted by atomic mass is 12.0. The van der Waals surface area contributed by atoms with Gasteiger partial charge in [-0.25, -0.2) is 0 Å². The Bertz CT molecular complexity index is 35.0. The van der Waals surface area contributed by atoms with Crippen molar-refractivity contribution in [2.45, 2.75) is 0 Å². The number of hydrogen-bond donors (Lipinski definition) is 0. The fourth-order valence-electron chi connectivity index (χ4n) is 0. The lowest BCUT2D eigenvalue weighted by Gasteiger charge is -1.06. The molecule has 0 radical (unpaired) electrons. The summed E-state index contributed by atoms with van der Waals surface area (Å²) in [4.78, 5) is 0. The van der Waals surface area contributed by atoms with Gasteiger partial charge >= 0.3 is 0 Å². The van der Waals surface area contributed by atoms with Crippen molar-refractivity contribution < 1.29 is 14.2 Å². The second-order valence-corrected chi connectivity index (χ2v) is 0.204. The van der Waals surface area contributed by atoms with Gasteiger partial charge in [-0.2, -0.15) is 0 Å². The summed E-state index contributed by atoms with van der Waals surface area (Å²) in [5.74, 6) is 0. The van der Waals surface area contributed by atoms with E-state index in [2.05, 4.69) is 25.8 Å². The standard InChI is InChI=1S/CH3Cl.O3/c1-2;1-2-3-1/h1H3;. The summed E-state index contributed by atoms with van der Waals surface area (Å²) in [6.07, 6.45) is 1.47. The molecule has 1 aromatic heterocycles. The first-order valence-corrected chi connectivity index (χ1v) is 1.63. The van der Waals surface area contributed by atoms with Gasteiger partial charge in [0.05, 0.1) is 0 Å². The molecule has 0 aliphatic heterocycles. The zero-order valence-electron chi connectivity index (χ0n) is 2.60. The third-order valence-electron chi connectivity index (χ3n) is 0.0680. The Balaban J connectivity index is 0.0000000733. The summed E-state index contributed by atoms with van der Waals surface area (Å²) >= 11 is 4.64. The minimum atomic E-state index is 1.47. The number of alkyl halides is 1. The zero-order valence-corrected chi connectivity index (χ0v) is 3.36. The maximum absolute atomic E-state index is 4.64. The third kappa shape index (κ3) is 22.1. The fourth-order valence-corrected chi connectivity index (χ4v) is 0. The van der Waals surface area contributed by atoms with Gasteiger partial charge in [-0.1, -0.05) is 0 Å². The van der Waals surface area contributed by atoms with Crippen LogP contribution in [0.3, 0.4) is 0 Å². The van der Waals surface area contributed by atoms with Crippen molar-refractivity contribution in [3.63, 3.8) is 0 Å². The van der Waals surface area contributed by atoms with Gasteiger partial charge in [0, 0.05) is 20.6 Å². The van der Waals surface area contributed by atoms with Crippen molar-refractivity contribution in [2.75, 3.05) is 6.38 Å². The highest BCUT2D eigenvalue weighted by molar-refractivity contribution is 6.15. The molecule has 0 unspecified atom stereocenters. The molecule has 0 aliphatic carbocycles. The molecule has 0 bridgehead atoms. The van der Waals surface area contributed by atoms with E-state index in [-0.39, 0.29) is 0 Å². The van der Waals surface area contributed by atoms with Gasteiger partial charge in [0.2, 0.25) is 0 Å². The molecule has 1 aromatic rings. The van der Waals surface area contributed by atoms with Crippen LogP contribution in [0.15, 0.2) is 14.2 Å². The first-order chi connectivity index (χ1) is 2.50. The molecular weight excluding hydrogens is 95.5 g/mol. The van der Waals surface area contributed by atoms with Crippen LogP contribution in [-0.2, 0) is 0 Å². The third-order valence-corrected chi connectivity index (χ3v) is 0.0680. The molecule has 0 atom stereocenters. The molecule has 1 heterocycles. The molecule has 0 aliphatic rings. The lowest BCUT2D eigenvalue weighted by Crippen LogP contribution is -0.852. The van der Waals surface area contributed by atoms with Crippen LogP contribution in [0.4, 0.5) is 0 Å². The Morgan fingerprint density at radius 3 is 1.20 bits per heavy atom. The minimum absolute atomic E-state index is 1.47. The van der Waals surface area contributed by atoms with E-state index in [1.807, 2.05) is 0 Å². The Hall–Kier alpha value is -0.310. The summed E-state index contributed by atoms with van der Waals surface area (Å²) in [5.41, 5.74) is 0. The van der Waals surface area contributed by atoms with Crippen LogP contribution >= 0.6 is 11.6 Å². The van der Waals surface area contributed by atoms with Crippen molar-refractivity contribution in [2.24, 2.45) is 0 Å². The monoisotopic (exact) mass is 98.0 g/mol. The number of hydrogen-bond acceptors (Lipinski definition) is 3. The summed E-state index contributed by atoms with van der Waals surface area (Å²) in [7, 11) is 0. The predicted octanol–water partition coefficient (Wildman–Crippen LogP) is 1.32. The van der Waals surface area contributed by atoms with Crippen LogP contribution in [0.2, 0.25) is 0 Å². The van der Waals surface area contributed by atoms with Crippen LogP contribution in [0.25, 0.3) is 0 Å². The van der Waals surface area contributed by atoms with Crippen molar-refractivity contribution in [1.82, 2.24) is 0 Å². The van der Waals surface area contributed by atoms with Crippen molar-refractivity contribution in [3.8, 4) is 0 Å². The van der Waals surface area contributed by atoms with Crippen molar-refractivity contribution in [3.05, 3.63) is 0 Å². The average Bonchev–Trinajstić information content (AvgIpc) is 2.19. The Kier molecular flexibility index (Phi) is 3.46. The SMILES string of the molecule is CCl.o1oo1. The normalized spacial score (nSPS) is 6.00. The largest absolute Gasteiger partial charge is 0.130 e. The van der Waals surface area contributed by atoms with E-state index in [1.54, 1.807) is 0 Å². The van der Waals surface area contributed by atoms with E-state index in [0.29, 0.717) is 0 Å². The first kappa shape index (κ1) is 4.69. The average molecular weight is 98.5 g/mol. The Morgan fingerprint density at radius 2 is 1.20 bits per heavy atom. The molecule has 3 nitrogen and oxygen atoms in total. The second kappa shape index (κ2) is 3.69. The van der Waals surface area contributed by atoms with E-state index in [9.17, 15) is 0 Å². The molecule has 4 heteroatoms. The molecule has 5 heavy (non-hydrogen) atoms. The van der Waals surface area contributed by atoms with Gasteiger partial charge in [0.25, 0.3) is 0 Å². The smallest absolute Gasteiger partial charge is 0.0108 e. The highest BCUT2D eigenvalue weighted by Crippen LogP contribution is 1.79. The molecule has 32 valence electrons. The summed E-state index contributed by atoms with van der Waals surface area (Å²) in [6, 6.07) is 0. The van der Waals surface area contributed by atoms with Crippen molar-refractivity contribution in [1.29, 1.82) is 0 Å². The van der Waals surface area contributed by atoms with Gasteiger partial charge < -0.3 is 0 Å². The molecule has 1 rings (SSSR count). The fraction of sp³-hybridized carbons (Fsp3) is 1.00. The summed E-state index contributed by atoms with van der Waals surface area (Å²) < 4.78 is 10.5. The van der Waals surface area contributed by atoms with Crippen LogP contribution in [0.1, 0.15) is 0 Å². The van der Waals surface area contributed by atoms with E-state index >= 15 is 0 Å². The molecule has 0 N–H and O–H groups in total. The molecule has 0 saturated carbocycles. The van der Waals surface area contributed by atoms with E-state index < -0.39 is 0 Å².